The van der Waals surface area contributed by atoms with Gasteiger partial charge in [-0.05, 0) is 49.1 Å². The Balaban J connectivity index is 1.47. The number of fused-ring (bicyclic) bond motifs is 1. The number of amides is 1. The van der Waals surface area contributed by atoms with Gasteiger partial charge in [-0.3, -0.25) is 4.79 Å². The summed E-state index contributed by atoms with van der Waals surface area (Å²) in [5.74, 6) is 1.45. The van der Waals surface area contributed by atoms with Crippen molar-refractivity contribution < 1.29 is 28.6 Å². The van der Waals surface area contributed by atoms with Crippen molar-refractivity contribution in [1.82, 2.24) is 9.88 Å². The number of oxazole rings is 1. The van der Waals surface area contributed by atoms with Gasteiger partial charge in [0.2, 0.25) is 5.89 Å². The molecule has 1 aliphatic heterocycles. The first-order valence-corrected chi connectivity index (χ1v) is 12.5. The average Bonchev–Trinajstić information content (AvgIpc) is 3.27. The third kappa shape index (κ3) is 6.18. The van der Waals surface area contributed by atoms with Crippen LogP contribution in [0.3, 0.4) is 0 Å². The normalized spacial score (nSPS) is 12.8. The van der Waals surface area contributed by atoms with E-state index in [2.05, 4.69) is 4.98 Å². The average molecular weight is 513 g/mol. The minimum Gasteiger partial charge on any atom is -0.493 e. The summed E-state index contributed by atoms with van der Waals surface area (Å²) in [5, 5.41) is 9.16. The Morgan fingerprint density at radius 2 is 1.92 bits per heavy atom. The predicted octanol–water partition coefficient (Wildman–Crippen LogP) is 5.02. The molecule has 0 fully saturated rings. The van der Waals surface area contributed by atoms with E-state index in [1.54, 1.807) is 4.90 Å². The van der Waals surface area contributed by atoms with Crippen LogP contribution in [-0.4, -0.2) is 52.7 Å². The fourth-order valence-electron chi connectivity index (χ4n) is 4.31. The molecule has 0 bridgehead atoms. The summed E-state index contributed by atoms with van der Waals surface area (Å²) in [7, 11) is 0. The van der Waals surface area contributed by atoms with Crippen LogP contribution in [0, 0.1) is 6.92 Å². The maximum Gasteiger partial charge on any atom is 0.410 e. The lowest BCUT2D eigenvalue weighted by Gasteiger charge is -2.31. The minimum atomic E-state index is -0.865. The van der Waals surface area contributed by atoms with Crippen LogP contribution in [0.4, 0.5) is 4.79 Å². The van der Waals surface area contributed by atoms with E-state index in [-0.39, 0.29) is 18.9 Å². The molecule has 0 spiro atoms. The number of aromatic nitrogens is 1. The molecule has 0 unspecified atom stereocenters. The number of rotatable bonds is 10. The number of alkyl halides is 1. The van der Waals surface area contributed by atoms with Gasteiger partial charge in [-0.1, -0.05) is 24.3 Å². The van der Waals surface area contributed by atoms with Crippen molar-refractivity contribution in [3.63, 3.8) is 0 Å². The highest BCUT2D eigenvalue weighted by Crippen LogP contribution is 2.32. The van der Waals surface area contributed by atoms with Gasteiger partial charge in [0.25, 0.3) is 0 Å². The summed E-state index contributed by atoms with van der Waals surface area (Å²) in [6, 6.07) is 13.5. The molecule has 8 nitrogen and oxygen atoms in total. The highest BCUT2D eigenvalue weighted by atomic mass is 35.5. The van der Waals surface area contributed by atoms with Crippen LogP contribution in [0.1, 0.15) is 34.6 Å². The summed E-state index contributed by atoms with van der Waals surface area (Å²) >= 11 is 5.64. The Hall–Kier alpha value is -3.52. The molecule has 0 saturated carbocycles. The molecule has 0 aliphatic carbocycles. The van der Waals surface area contributed by atoms with E-state index in [9.17, 15) is 9.59 Å². The van der Waals surface area contributed by atoms with Crippen molar-refractivity contribution in [3.05, 3.63) is 70.6 Å². The van der Waals surface area contributed by atoms with Crippen LogP contribution in [0.2, 0.25) is 0 Å². The Morgan fingerprint density at radius 1 is 1.11 bits per heavy atom. The molecule has 1 aromatic heterocycles. The first-order valence-electron chi connectivity index (χ1n) is 11.9. The zero-order valence-electron chi connectivity index (χ0n) is 20.2. The Labute approximate surface area is 214 Å². The zero-order valence-corrected chi connectivity index (χ0v) is 20.9. The number of aryl methyl sites for hydroxylation is 2. The lowest BCUT2D eigenvalue weighted by atomic mass is 9.92. The van der Waals surface area contributed by atoms with Gasteiger partial charge in [0.1, 0.15) is 18.1 Å². The zero-order chi connectivity index (χ0) is 25.5. The number of hydrogen-bond donors (Lipinski definition) is 1. The van der Waals surface area contributed by atoms with Gasteiger partial charge in [0, 0.05) is 37.1 Å². The monoisotopic (exact) mass is 512 g/mol. The fraction of sp³-hybridized carbons (Fsp3) is 0.370. The number of ether oxygens (including phenoxy) is 2. The maximum absolute atomic E-state index is 12.4. The maximum atomic E-state index is 12.4. The quantitative estimate of drug-likeness (QED) is 0.380. The summed E-state index contributed by atoms with van der Waals surface area (Å²) in [5.41, 5.74) is 4.59. The number of carbonyl (C=O) groups is 2. The van der Waals surface area contributed by atoms with Gasteiger partial charge < -0.3 is 23.9 Å². The number of nitrogens with zero attached hydrogens (tertiary/aromatic N) is 2. The number of carboxylic acid groups (broad SMARTS) is 1. The van der Waals surface area contributed by atoms with Gasteiger partial charge in [-0.25, -0.2) is 9.78 Å². The Kier molecular flexibility index (Phi) is 8.48. The van der Waals surface area contributed by atoms with Crippen LogP contribution < -0.4 is 4.74 Å². The van der Waals surface area contributed by atoms with Crippen molar-refractivity contribution in [2.24, 2.45) is 0 Å². The van der Waals surface area contributed by atoms with Crippen molar-refractivity contribution in [2.75, 3.05) is 25.6 Å². The largest absolute Gasteiger partial charge is 0.493 e. The molecule has 0 saturated heterocycles. The number of carbonyl (C=O) groups excluding carboxylic acids is 1. The molecule has 2 heterocycles. The van der Waals surface area contributed by atoms with Crippen LogP contribution in [0.25, 0.3) is 11.5 Å². The molecule has 1 amide bonds. The molecule has 9 heteroatoms. The first-order chi connectivity index (χ1) is 17.5. The van der Waals surface area contributed by atoms with Crippen LogP contribution >= 0.6 is 11.6 Å². The lowest BCUT2D eigenvalue weighted by Crippen LogP contribution is -2.37. The highest BCUT2D eigenvalue weighted by molar-refractivity contribution is 6.18. The van der Waals surface area contributed by atoms with Crippen molar-refractivity contribution in [2.45, 2.75) is 39.2 Å². The fourth-order valence-corrected chi connectivity index (χ4v) is 4.39. The molecule has 36 heavy (non-hydrogen) atoms. The van der Waals surface area contributed by atoms with Crippen LogP contribution in [0.5, 0.6) is 5.75 Å². The van der Waals surface area contributed by atoms with E-state index in [1.807, 2.05) is 49.4 Å². The smallest absolute Gasteiger partial charge is 0.410 e. The topological polar surface area (TPSA) is 102 Å². The Morgan fingerprint density at radius 3 is 2.67 bits per heavy atom. The molecule has 1 aliphatic rings. The van der Waals surface area contributed by atoms with Crippen molar-refractivity contribution in [1.29, 1.82) is 0 Å². The molecular formula is C27H29ClN2O6. The summed E-state index contributed by atoms with van der Waals surface area (Å²) in [4.78, 5) is 29.8. The number of carboxylic acids is 1. The molecule has 1 N–H and O–H groups in total. The van der Waals surface area contributed by atoms with E-state index in [4.69, 9.17) is 30.6 Å². The first kappa shape index (κ1) is 25.6. The van der Waals surface area contributed by atoms with Crippen LogP contribution in [-0.2, 0) is 35.3 Å². The summed E-state index contributed by atoms with van der Waals surface area (Å²) in [6.07, 6.45) is 1.13. The molecule has 0 radical (unpaired) electrons. The van der Waals surface area contributed by atoms with Crippen molar-refractivity contribution in [3.8, 4) is 17.2 Å². The van der Waals surface area contributed by atoms with E-state index in [1.165, 1.54) is 0 Å². The molecule has 4 rings (SSSR count). The molecule has 0 atom stereocenters. The third-order valence-electron chi connectivity index (χ3n) is 6.14. The molecule has 190 valence electrons. The number of benzene rings is 2. The Bertz CT molecular complexity index is 1210. The van der Waals surface area contributed by atoms with Gasteiger partial charge in [0.05, 0.1) is 18.2 Å². The van der Waals surface area contributed by atoms with Gasteiger partial charge in [0.15, 0.2) is 0 Å². The predicted molar refractivity (Wildman–Crippen MR) is 134 cm³/mol. The van der Waals surface area contributed by atoms with E-state index in [0.29, 0.717) is 44.8 Å². The summed E-state index contributed by atoms with van der Waals surface area (Å²) in [6.45, 7) is 3.27. The lowest BCUT2D eigenvalue weighted by molar-refractivity contribution is -0.136. The minimum absolute atomic E-state index is 0.0124. The second kappa shape index (κ2) is 11.9. The standard InChI is InChI=1S/C27H29ClN2O6/c1-18-23(29-26(36-18)20-5-3-2-4-6-20)12-15-34-24-9-7-19(8-10-25(31)32)22-17-30(14-11-21(22)24)27(33)35-16-13-28/h2-7,9H,8,10-17H2,1H3,(H,31,32). The highest BCUT2D eigenvalue weighted by Gasteiger charge is 2.26. The number of hydrogen-bond acceptors (Lipinski definition) is 6. The number of halogens is 1. The van der Waals surface area contributed by atoms with E-state index in [0.717, 1.165) is 39.5 Å². The van der Waals surface area contributed by atoms with E-state index >= 15 is 0 Å². The SMILES string of the molecule is Cc1oc(-c2ccccc2)nc1CCOc1ccc(CCC(=O)O)c2c1CCN(C(=O)OCCCl)C2. The van der Waals surface area contributed by atoms with E-state index < -0.39 is 12.1 Å². The van der Waals surface area contributed by atoms with Crippen molar-refractivity contribution >= 4 is 23.7 Å². The molecular weight excluding hydrogens is 484 g/mol. The molecule has 3 aromatic rings. The van der Waals surface area contributed by atoms with Crippen LogP contribution in [0.15, 0.2) is 46.9 Å². The van der Waals surface area contributed by atoms with Gasteiger partial charge in [-0.2, -0.15) is 0 Å². The second-order valence-electron chi connectivity index (χ2n) is 8.53. The third-order valence-corrected chi connectivity index (χ3v) is 6.30. The molecule has 2 aromatic carbocycles. The van der Waals surface area contributed by atoms with Gasteiger partial charge in [-0.15, -0.1) is 11.6 Å². The number of aliphatic carboxylic acids is 1. The van der Waals surface area contributed by atoms with Gasteiger partial charge >= 0.3 is 12.1 Å². The second-order valence-corrected chi connectivity index (χ2v) is 8.91. The summed E-state index contributed by atoms with van der Waals surface area (Å²) < 4.78 is 17.2.